The highest BCUT2D eigenvalue weighted by molar-refractivity contribution is 5.53. The van der Waals surface area contributed by atoms with Crippen molar-refractivity contribution in [3.05, 3.63) is 17.7 Å². The van der Waals surface area contributed by atoms with E-state index in [4.69, 9.17) is 14.2 Å². The van der Waals surface area contributed by atoms with Crippen LogP contribution in [0.15, 0.2) is 12.1 Å². The predicted octanol–water partition coefficient (Wildman–Crippen LogP) is 3.48. The molecule has 0 saturated carbocycles. The fourth-order valence-electron chi connectivity index (χ4n) is 1.97. The molecule has 0 aliphatic heterocycles. The Morgan fingerprint density at radius 2 is 1.52 bits per heavy atom. The van der Waals surface area contributed by atoms with E-state index in [1.807, 2.05) is 12.1 Å². The molecule has 0 atom stereocenters. The molecular formula is C17H29NO3. The summed E-state index contributed by atoms with van der Waals surface area (Å²) < 4.78 is 16.1. The van der Waals surface area contributed by atoms with Gasteiger partial charge in [0.1, 0.15) is 0 Å². The van der Waals surface area contributed by atoms with Gasteiger partial charge in [0.05, 0.1) is 21.3 Å². The maximum absolute atomic E-state index is 5.37. The van der Waals surface area contributed by atoms with Crippen molar-refractivity contribution in [1.82, 2.24) is 5.32 Å². The molecule has 4 heteroatoms. The monoisotopic (exact) mass is 295 g/mol. The summed E-state index contributed by atoms with van der Waals surface area (Å²) in [6, 6.07) is 3.97. The van der Waals surface area contributed by atoms with Crippen LogP contribution in [0.25, 0.3) is 0 Å². The normalized spacial score (nSPS) is 11.6. The molecule has 0 radical (unpaired) electrons. The Bertz CT molecular complexity index is 430. The molecule has 0 bridgehead atoms. The molecule has 1 rings (SSSR count). The summed E-state index contributed by atoms with van der Waals surface area (Å²) in [4.78, 5) is 0. The lowest BCUT2D eigenvalue weighted by molar-refractivity contribution is 0.237. The zero-order valence-corrected chi connectivity index (χ0v) is 14.4. The van der Waals surface area contributed by atoms with Gasteiger partial charge in [0.2, 0.25) is 5.75 Å². The molecule has 0 unspecified atom stereocenters. The SMILES string of the molecule is COc1cc(CNCC(C)(C)C(C)C)cc(OC)c1OC. The molecule has 0 aliphatic carbocycles. The van der Waals surface area contributed by atoms with Crippen LogP contribution in [0.4, 0.5) is 0 Å². The molecule has 0 fully saturated rings. The Morgan fingerprint density at radius 3 is 1.90 bits per heavy atom. The Morgan fingerprint density at radius 1 is 1.00 bits per heavy atom. The first kappa shape index (κ1) is 17.6. The van der Waals surface area contributed by atoms with Gasteiger partial charge in [-0.15, -0.1) is 0 Å². The highest BCUT2D eigenvalue weighted by Crippen LogP contribution is 2.38. The summed E-state index contributed by atoms with van der Waals surface area (Å²) >= 11 is 0. The number of ether oxygens (including phenoxy) is 3. The lowest BCUT2D eigenvalue weighted by Crippen LogP contribution is -2.33. The van der Waals surface area contributed by atoms with E-state index in [9.17, 15) is 0 Å². The fourth-order valence-corrected chi connectivity index (χ4v) is 1.97. The lowest BCUT2D eigenvalue weighted by atomic mass is 9.81. The Kier molecular flexibility index (Phi) is 6.34. The third-order valence-electron chi connectivity index (χ3n) is 4.20. The van der Waals surface area contributed by atoms with E-state index in [0.717, 1.165) is 18.7 Å². The molecular weight excluding hydrogens is 266 g/mol. The van der Waals surface area contributed by atoms with Gasteiger partial charge in [0, 0.05) is 13.1 Å². The van der Waals surface area contributed by atoms with Gasteiger partial charge in [-0.25, -0.2) is 0 Å². The van der Waals surface area contributed by atoms with Crippen LogP contribution in [0.2, 0.25) is 0 Å². The average Bonchev–Trinajstić information content (AvgIpc) is 2.45. The van der Waals surface area contributed by atoms with Gasteiger partial charge in [-0.05, 0) is 29.0 Å². The quantitative estimate of drug-likeness (QED) is 0.797. The van der Waals surface area contributed by atoms with Crippen molar-refractivity contribution in [2.45, 2.75) is 34.2 Å². The van der Waals surface area contributed by atoms with E-state index in [0.29, 0.717) is 23.2 Å². The third-order valence-corrected chi connectivity index (χ3v) is 4.20. The summed E-state index contributed by atoms with van der Waals surface area (Å²) in [5, 5.41) is 3.51. The summed E-state index contributed by atoms with van der Waals surface area (Å²) in [7, 11) is 4.89. The van der Waals surface area contributed by atoms with Crippen LogP contribution >= 0.6 is 0 Å². The topological polar surface area (TPSA) is 39.7 Å². The van der Waals surface area contributed by atoms with Gasteiger partial charge in [-0.1, -0.05) is 27.7 Å². The van der Waals surface area contributed by atoms with Crippen molar-refractivity contribution >= 4 is 0 Å². The van der Waals surface area contributed by atoms with Gasteiger partial charge in [0.25, 0.3) is 0 Å². The second-order valence-electron chi connectivity index (χ2n) is 6.28. The van der Waals surface area contributed by atoms with E-state index in [2.05, 4.69) is 33.0 Å². The smallest absolute Gasteiger partial charge is 0.203 e. The van der Waals surface area contributed by atoms with Crippen LogP contribution < -0.4 is 19.5 Å². The number of benzene rings is 1. The number of hydrogen-bond donors (Lipinski definition) is 1. The first-order chi connectivity index (χ1) is 9.85. The van der Waals surface area contributed by atoms with Gasteiger partial charge < -0.3 is 19.5 Å². The molecule has 0 saturated heterocycles. The van der Waals surface area contributed by atoms with Gasteiger partial charge in [-0.2, -0.15) is 0 Å². The van der Waals surface area contributed by atoms with E-state index in [-0.39, 0.29) is 5.41 Å². The van der Waals surface area contributed by atoms with Crippen LogP contribution in [-0.2, 0) is 6.54 Å². The molecule has 1 aromatic rings. The van der Waals surface area contributed by atoms with Crippen molar-refractivity contribution in [3.63, 3.8) is 0 Å². The second-order valence-corrected chi connectivity index (χ2v) is 6.28. The summed E-state index contributed by atoms with van der Waals surface area (Å²) in [6.07, 6.45) is 0. The van der Waals surface area contributed by atoms with E-state index in [1.165, 1.54) is 0 Å². The standard InChI is InChI=1S/C17H29NO3/c1-12(2)17(3,4)11-18-10-13-8-14(19-5)16(21-7)15(9-13)20-6/h8-9,12,18H,10-11H2,1-7H3. The molecule has 0 aliphatic rings. The largest absolute Gasteiger partial charge is 0.493 e. The number of rotatable bonds is 8. The van der Waals surface area contributed by atoms with Crippen LogP contribution in [0.5, 0.6) is 17.2 Å². The molecule has 0 aromatic heterocycles. The minimum atomic E-state index is 0.265. The van der Waals surface area contributed by atoms with Gasteiger partial charge in [0.15, 0.2) is 11.5 Å². The molecule has 4 nitrogen and oxygen atoms in total. The molecule has 1 N–H and O–H groups in total. The summed E-state index contributed by atoms with van der Waals surface area (Å²) in [5.41, 5.74) is 1.38. The van der Waals surface area contributed by atoms with Crippen molar-refractivity contribution in [3.8, 4) is 17.2 Å². The zero-order valence-electron chi connectivity index (χ0n) is 14.4. The van der Waals surface area contributed by atoms with Crippen LogP contribution in [0.1, 0.15) is 33.3 Å². The zero-order chi connectivity index (χ0) is 16.0. The van der Waals surface area contributed by atoms with Crippen molar-refractivity contribution in [1.29, 1.82) is 0 Å². The van der Waals surface area contributed by atoms with E-state index >= 15 is 0 Å². The summed E-state index contributed by atoms with van der Waals surface area (Å²) in [5.74, 6) is 2.64. The number of methoxy groups -OCH3 is 3. The van der Waals surface area contributed by atoms with Gasteiger partial charge >= 0.3 is 0 Å². The maximum Gasteiger partial charge on any atom is 0.203 e. The predicted molar refractivity (Wildman–Crippen MR) is 86.4 cm³/mol. The van der Waals surface area contributed by atoms with Crippen LogP contribution in [0.3, 0.4) is 0 Å². The maximum atomic E-state index is 5.37. The molecule has 120 valence electrons. The molecule has 1 aromatic carbocycles. The number of nitrogens with one attached hydrogen (secondary N) is 1. The van der Waals surface area contributed by atoms with Crippen molar-refractivity contribution in [2.24, 2.45) is 11.3 Å². The first-order valence-corrected chi connectivity index (χ1v) is 7.35. The molecule has 21 heavy (non-hydrogen) atoms. The molecule has 0 amide bonds. The Labute approximate surface area is 128 Å². The van der Waals surface area contributed by atoms with Crippen LogP contribution in [-0.4, -0.2) is 27.9 Å². The van der Waals surface area contributed by atoms with E-state index in [1.54, 1.807) is 21.3 Å². The number of hydrogen-bond acceptors (Lipinski definition) is 4. The van der Waals surface area contributed by atoms with Crippen molar-refractivity contribution in [2.75, 3.05) is 27.9 Å². The second kappa shape index (κ2) is 7.55. The molecule has 0 spiro atoms. The lowest BCUT2D eigenvalue weighted by Gasteiger charge is -2.29. The van der Waals surface area contributed by atoms with E-state index < -0.39 is 0 Å². The molecule has 0 heterocycles. The van der Waals surface area contributed by atoms with Crippen LogP contribution in [0, 0.1) is 11.3 Å². The van der Waals surface area contributed by atoms with Crippen molar-refractivity contribution < 1.29 is 14.2 Å². The Hall–Kier alpha value is -1.42. The Balaban J connectivity index is 2.81. The highest BCUT2D eigenvalue weighted by atomic mass is 16.5. The average molecular weight is 295 g/mol. The third kappa shape index (κ3) is 4.53. The first-order valence-electron chi connectivity index (χ1n) is 7.35. The van der Waals surface area contributed by atoms with Gasteiger partial charge in [-0.3, -0.25) is 0 Å². The fraction of sp³-hybridized carbons (Fsp3) is 0.647. The summed E-state index contributed by atoms with van der Waals surface area (Å²) in [6.45, 7) is 10.8. The minimum Gasteiger partial charge on any atom is -0.493 e. The highest BCUT2D eigenvalue weighted by Gasteiger charge is 2.21. The minimum absolute atomic E-state index is 0.265.